The van der Waals surface area contributed by atoms with Crippen LogP contribution >= 0.6 is 24.0 Å². The van der Waals surface area contributed by atoms with Crippen molar-refractivity contribution in [2.45, 2.75) is 6.54 Å². The number of ether oxygens (including phenoxy) is 1. The fourth-order valence-electron chi connectivity index (χ4n) is 2.52. The minimum atomic E-state index is -0.954. The Morgan fingerprint density at radius 1 is 1.27 bits per heavy atom. The molecule has 2 aromatic heterocycles. The van der Waals surface area contributed by atoms with Crippen molar-refractivity contribution < 1.29 is 14.6 Å². The molecule has 0 saturated heterocycles. The van der Waals surface area contributed by atoms with Crippen LogP contribution in [0.3, 0.4) is 0 Å². The first-order chi connectivity index (χ1) is 11.9. The second kappa shape index (κ2) is 7.63. The molecule has 0 bridgehead atoms. The second-order valence-corrected chi connectivity index (χ2v) is 5.77. The lowest BCUT2D eigenvalue weighted by atomic mass is 10.2. The third kappa shape index (κ3) is 3.44. The number of benzene rings is 1. The van der Waals surface area contributed by atoms with E-state index in [-0.39, 0.29) is 30.0 Å². The van der Waals surface area contributed by atoms with Gasteiger partial charge in [-0.2, -0.15) is 0 Å². The summed E-state index contributed by atoms with van der Waals surface area (Å²) in [4.78, 5) is 36.4. The van der Waals surface area contributed by atoms with Gasteiger partial charge in [-0.15, -0.1) is 12.4 Å². The highest BCUT2D eigenvalue weighted by Gasteiger charge is 2.19. The number of aromatic nitrogens is 2. The molecule has 0 spiro atoms. The van der Waals surface area contributed by atoms with E-state index in [1.807, 2.05) is 0 Å². The number of methoxy groups -OCH3 is 1. The van der Waals surface area contributed by atoms with E-state index in [9.17, 15) is 19.5 Å². The molecule has 26 heavy (non-hydrogen) atoms. The van der Waals surface area contributed by atoms with Crippen molar-refractivity contribution in [3.8, 4) is 5.75 Å². The minimum Gasteiger partial charge on any atom is -0.503 e. The van der Waals surface area contributed by atoms with Crippen molar-refractivity contribution >= 4 is 35.5 Å². The Kier molecular flexibility index (Phi) is 5.74. The van der Waals surface area contributed by atoms with E-state index in [4.69, 9.17) is 11.6 Å². The highest BCUT2D eigenvalue weighted by Crippen LogP contribution is 2.14. The zero-order valence-electron chi connectivity index (χ0n) is 13.5. The highest BCUT2D eigenvalue weighted by molar-refractivity contribution is 6.30. The maximum absolute atomic E-state index is 12.6. The predicted molar refractivity (Wildman–Crippen MR) is 98.7 cm³/mol. The minimum absolute atomic E-state index is 0. The van der Waals surface area contributed by atoms with Crippen LogP contribution in [0, 0.1) is 0 Å². The van der Waals surface area contributed by atoms with Gasteiger partial charge in [0.05, 0.1) is 13.7 Å². The Balaban J connectivity index is 0.00000243. The van der Waals surface area contributed by atoms with Crippen LogP contribution in [0.2, 0.25) is 5.02 Å². The Hall–Kier alpha value is -2.77. The molecule has 3 rings (SSSR count). The number of pyridine rings is 1. The maximum Gasteiger partial charge on any atom is 0.343 e. The molecule has 0 unspecified atom stereocenters. The van der Waals surface area contributed by atoms with Crippen LogP contribution in [0.5, 0.6) is 5.75 Å². The number of esters is 1. The fraction of sp³-hybridized carbons (Fsp3) is 0.118. The number of hydrogen-bond donors (Lipinski definition) is 1. The van der Waals surface area contributed by atoms with Crippen LogP contribution < -0.4 is 11.0 Å². The Bertz CT molecular complexity index is 1100. The zero-order chi connectivity index (χ0) is 18.1. The van der Waals surface area contributed by atoms with Gasteiger partial charge in [-0.25, -0.2) is 4.79 Å². The Morgan fingerprint density at radius 2 is 2.00 bits per heavy atom. The zero-order valence-corrected chi connectivity index (χ0v) is 15.1. The lowest BCUT2D eigenvalue weighted by Gasteiger charge is -2.10. The summed E-state index contributed by atoms with van der Waals surface area (Å²) in [5, 5.41) is 10.7. The van der Waals surface area contributed by atoms with Crippen molar-refractivity contribution in [1.82, 2.24) is 8.97 Å². The quantitative estimate of drug-likeness (QED) is 0.684. The average molecular weight is 397 g/mol. The molecule has 0 radical (unpaired) electrons. The molecule has 0 atom stereocenters. The van der Waals surface area contributed by atoms with Crippen molar-refractivity contribution in [1.29, 1.82) is 0 Å². The first-order valence-electron chi connectivity index (χ1n) is 7.22. The van der Waals surface area contributed by atoms with Crippen LogP contribution in [0.4, 0.5) is 0 Å². The summed E-state index contributed by atoms with van der Waals surface area (Å²) in [5.74, 6) is -1.69. The smallest absolute Gasteiger partial charge is 0.343 e. The van der Waals surface area contributed by atoms with Crippen LogP contribution in [-0.4, -0.2) is 27.2 Å². The molecule has 2 heterocycles. The van der Waals surface area contributed by atoms with E-state index in [1.54, 1.807) is 24.3 Å². The number of nitrogens with zero attached hydrogens (tertiary/aromatic N) is 2. The molecule has 9 heteroatoms. The molecule has 0 fully saturated rings. The summed E-state index contributed by atoms with van der Waals surface area (Å²) in [6.45, 7) is 0.211. The molecule has 7 nitrogen and oxygen atoms in total. The standard InChI is InChI=1S/C17H13ClN2O5.ClH/c1-25-17(24)12-9-19-5-6-20(8-10-3-2-4-11(18)7-10)16(23)13(19)15(22)14(12)21;/h2-7,9,22H,8H2,1H3;1H. The molecule has 136 valence electrons. The number of fused-ring (bicyclic) bond motifs is 1. The van der Waals surface area contributed by atoms with Crippen LogP contribution in [-0.2, 0) is 11.3 Å². The molecular formula is C17H14Cl2N2O5. The lowest BCUT2D eigenvalue weighted by Crippen LogP contribution is -2.26. The van der Waals surface area contributed by atoms with Gasteiger partial charge in [-0.1, -0.05) is 23.7 Å². The number of carbonyl (C=O) groups is 1. The Labute approximate surface area is 158 Å². The van der Waals surface area contributed by atoms with Gasteiger partial charge in [0.15, 0.2) is 11.3 Å². The van der Waals surface area contributed by atoms with Gasteiger partial charge in [0, 0.05) is 23.6 Å². The first kappa shape index (κ1) is 19.6. The summed E-state index contributed by atoms with van der Waals surface area (Å²) < 4.78 is 7.06. The number of carbonyl (C=O) groups excluding carboxylic acids is 1. The number of rotatable bonds is 3. The molecule has 0 aliphatic rings. The largest absolute Gasteiger partial charge is 0.503 e. The van der Waals surface area contributed by atoms with Crippen molar-refractivity contribution in [3.05, 3.63) is 79.6 Å². The first-order valence-corrected chi connectivity index (χ1v) is 7.60. The van der Waals surface area contributed by atoms with Gasteiger partial charge >= 0.3 is 5.97 Å². The fourth-order valence-corrected chi connectivity index (χ4v) is 2.73. The van der Waals surface area contributed by atoms with Crippen LogP contribution in [0.1, 0.15) is 15.9 Å². The highest BCUT2D eigenvalue weighted by atomic mass is 35.5. The van der Waals surface area contributed by atoms with E-state index in [2.05, 4.69) is 4.74 Å². The van der Waals surface area contributed by atoms with Crippen LogP contribution in [0.25, 0.3) is 5.52 Å². The molecule has 3 aromatic rings. The van der Waals surface area contributed by atoms with Crippen molar-refractivity contribution in [2.75, 3.05) is 7.11 Å². The topological polar surface area (TPSA) is 90.0 Å². The third-order valence-corrected chi connectivity index (χ3v) is 3.96. The summed E-state index contributed by atoms with van der Waals surface area (Å²) in [6.07, 6.45) is 4.11. The summed E-state index contributed by atoms with van der Waals surface area (Å²) >= 11 is 5.94. The predicted octanol–water partition coefficient (Wildman–Crippen LogP) is 2.08. The van der Waals surface area contributed by atoms with Crippen molar-refractivity contribution in [3.63, 3.8) is 0 Å². The molecule has 0 amide bonds. The average Bonchev–Trinajstić information content (AvgIpc) is 2.59. The summed E-state index contributed by atoms with van der Waals surface area (Å²) in [7, 11) is 1.12. The monoisotopic (exact) mass is 396 g/mol. The molecule has 0 saturated carbocycles. The summed E-state index contributed by atoms with van der Waals surface area (Å²) in [6, 6.07) is 6.99. The van der Waals surface area contributed by atoms with Gasteiger partial charge in [0.1, 0.15) is 5.56 Å². The van der Waals surface area contributed by atoms with Gasteiger partial charge in [0.25, 0.3) is 5.56 Å². The van der Waals surface area contributed by atoms with E-state index < -0.39 is 22.7 Å². The van der Waals surface area contributed by atoms with E-state index in [0.29, 0.717) is 5.02 Å². The summed E-state index contributed by atoms with van der Waals surface area (Å²) in [5.41, 5.74) is -1.32. The molecular weight excluding hydrogens is 383 g/mol. The molecule has 1 aromatic carbocycles. The van der Waals surface area contributed by atoms with E-state index in [1.165, 1.54) is 21.4 Å². The number of hydrogen-bond acceptors (Lipinski definition) is 5. The van der Waals surface area contributed by atoms with Gasteiger partial charge in [-0.05, 0) is 17.7 Å². The van der Waals surface area contributed by atoms with Gasteiger partial charge in [-0.3, -0.25) is 9.59 Å². The van der Waals surface area contributed by atoms with Gasteiger partial charge in [0.2, 0.25) is 5.43 Å². The van der Waals surface area contributed by atoms with E-state index in [0.717, 1.165) is 18.9 Å². The van der Waals surface area contributed by atoms with Crippen LogP contribution in [0.15, 0.2) is 52.4 Å². The lowest BCUT2D eigenvalue weighted by molar-refractivity contribution is 0.0598. The molecule has 0 aliphatic carbocycles. The number of halogens is 2. The number of aromatic hydroxyl groups is 1. The second-order valence-electron chi connectivity index (χ2n) is 5.33. The maximum atomic E-state index is 12.6. The SMILES string of the molecule is COC(=O)c1cn2ccn(Cc3cccc(Cl)c3)c(=O)c2c(O)c1=O.Cl. The van der Waals surface area contributed by atoms with Crippen molar-refractivity contribution in [2.24, 2.45) is 0 Å². The third-order valence-electron chi connectivity index (χ3n) is 3.73. The van der Waals surface area contributed by atoms with E-state index >= 15 is 0 Å². The van der Waals surface area contributed by atoms with Gasteiger partial charge < -0.3 is 18.8 Å². The Morgan fingerprint density at radius 3 is 2.65 bits per heavy atom. The molecule has 1 N–H and O–H groups in total. The molecule has 0 aliphatic heterocycles. The normalized spacial score (nSPS) is 10.4.